The summed E-state index contributed by atoms with van der Waals surface area (Å²) in [6.07, 6.45) is 1.16. The Morgan fingerprint density at radius 2 is 1.88 bits per heavy atom. The number of carbonyl (C=O) groups is 2. The van der Waals surface area contributed by atoms with E-state index >= 15 is 0 Å². The molecule has 2 rings (SSSR count). The number of aryl methyl sites for hydroxylation is 1. The Hall–Kier alpha value is -1.69. The molecule has 0 spiro atoms. The van der Waals surface area contributed by atoms with Crippen molar-refractivity contribution in [3.05, 3.63) is 59.1 Å². The summed E-state index contributed by atoms with van der Waals surface area (Å²) >= 11 is 11.8. The third kappa shape index (κ3) is 5.94. The van der Waals surface area contributed by atoms with E-state index in [9.17, 15) is 9.59 Å². The standard InChI is InChI=1S/C20H19ClO3S2/c1-2-24-20(23)18(26-19(22)13-25)12-9-14-7-10-15(11-8-14)16-5-3-4-6-17(16)21/h3-8,10-11,13,18H,2,9,12H2,1H3. The van der Waals surface area contributed by atoms with Crippen LogP contribution in [0.25, 0.3) is 11.1 Å². The number of ether oxygens (including phenoxy) is 1. The quantitative estimate of drug-likeness (QED) is 0.449. The predicted octanol–water partition coefficient (Wildman–Crippen LogP) is 5.13. The van der Waals surface area contributed by atoms with Crippen LogP contribution in [0.15, 0.2) is 48.5 Å². The number of esters is 1. The van der Waals surface area contributed by atoms with Crippen LogP contribution in [-0.4, -0.2) is 28.3 Å². The first-order valence-electron chi connectivity index (χ1n) is 8.21. The predicted molar refractivity (Wildman–Crippen MR) is 112 cm³/mol. The van der Waals surface area contributed by atoms with Crippen molar-refractivity contribution in [2.75, 3.05) is 6.61 Å². The second kappa shape index (κ2) is 10.5. The molecule has 3 nitrogen and oxygen atoms in total. The maximum Gasteiger partial charge on any atom is 0.319 e. The number of halogens is 1. The molecule has 0 fully saturated rings. The molecule has 0 aliphatic heterocycles. The van der Waals surface area contributed by atoms with Gasteiger partial charge in [0.15, 0.2) is 0 Å². The lowest BCUT2D eigenvalue weighted by atomic mass is 10.0. The number of carbonyl (C=O) groups excluding carboxylic acids is 2. The van der Waals surface area contributed by atoms with Crippen LogP contribution in [0.2, 0.25) is 5.02 Å². The third-order valence-corrected chi connectivity index (χ3v) is 5.49. The minimum atomic E-state index is -0.551. The lowest BCUT2D eigenvalue weighted by Gasteiger charge is -2.13. The van der Waals surface area contributed by atoms with E-state index in [-0.39, 0.29) is 17.7 Å². The highest BCUT2D eigenvalue weighted by Gasteiger charge is 2.23. The highest BCUT2D eigenvalue weighted by Crippen LogP contribution is 2.28. The van der Waals surface area contributed by atoms with Gasteiger partial charge in [0, 0.05) is 10.6 Å². The first-order valence-corrected chi connectivity index (χ1v) is 9.94. The van der Waals surface area contributed by atoms with Gasteiger partial charge in [-0.15, -0.1) is 0 Å². The Balaban J connectivity index is 2.04. The molecule has 0 aromatic heterocycles. The summed E-state index contributed by atoms with van der Waals surface area (Å²) in [6, 6.07) is 15.7. The first kappa shape index (κ1) is 20.6. The molecule has 2 aromatic rings. The van der Waals surface area contributed by atoms with Crippen LogP contribution in [-0.2, 0) is 20.7 Å². The van der Waals surface area contributed by atoms with Gasteiger partial charge in [0.05, 0.1) is 12.0 Å². The van der Waals surface area contributed by atoms with Gasteiger partial charge in [-0.3, -0.25) is 9.59 Å². The molecule has 2 aromatic carbocycles. The van der Waals surface area contributed by atoms with Gasteiger partial charge in [-0.2, -0.15) is 0 Å². The fourth-order valence-electron chi connectivity index (χ4n) is 2.47. The summed E-state index contributed by atoms with van der Waals surface area (Å²) < 4.78 is 5.05. The third-order valence-electron chi connectivity index (χ3n) is 3.74. The van der Waals surface area contributed by atoms with Crippen molar-refractivity contribution < 1.29 is 14.3 Å². The zero-order chi connectivity index (χ0) is 18.9. The average Bonchev–Trinajstić information content (AvgIpc) is 2.66. The summed E-state index contributed by atoms with van der Waals surface area (Å²) in [5.74, 6) is -0.379. The van der Waals surface area contributed by atoms with E-state index in [1.807, 2.05) is 48.5 Å². The van der Waals surface area contributed by atoms with Gasteiger partial charge >= 0.3 is 5.97 Å². The van der Waals surface area contributed by atoms with Crippen LogP contribution in [0.3, 0.4) is 0 Å². The highest BCUT2D eigenvalue weighted by molar-refractivity contribution is 8.17. The van der Waals surface area contributed by atoms with Gasteiger partial charge < -0.3 is 4.74 Å². The van der Waals surface area contributed by atoms with Gasteiger partial charge in [0.2, 0.25) is 5.12 Å². The number of thioether (sulfide) groups is 1. The second-order valence-corrected chi connectivity index (χ2v) is 7.36. The number of thiocarbonyl (C=S) groups is 1. The van der Waals surface area contributed by atoms with Crippen molar-refractivity contribution in [2.45, 2.75) is 25.0 Å². The van der Waals surface area contributed by atoms with Crippen LogP contribution in [0.4, 0.5) is 0 Å². The Labute approximate surface area is 168 Å². The number of benzene rings is 2. The molecule has 1 unspecified atom stereocenters. The number of hydrogen-bond donors (Lipinski definition) is 0. The van der Waals surface area contributed by atoms with Crippen molar-refractivity contribution in [2.24, 2.45) is 0 Å². The smallest absolute Gasteiger partial charge is 0.319 e. The van der Waals surface area contributed by atoms with E-state index in [2.05, 4.69) is 12.2 Å². The Morgan fingerprint density at radius 1 is 1.19 bits per heavy atom. The summed E-state index contributed by atoms with van der Waals surface area (Å²) in [4.78, 5) is 23.6. The van der Waals surface area contributed by atoms with E-state index in [4.69, 9.17) is 16.3 Å². The molecule has 0 saturated heterocycles. The van der Waals surface area contributed by atoms with Crippen LogP contribution in [0.1, 0.15) is 18.9 Å². The van der Waals surface area contributed by atoms with E-state index in [0.717, 1.165) is 33.8 Å². The van der Waals surface area contributed by atoms with Crippen LogP contribution < -0.4 is 0 Å². The largest absolute Gasteiger partial charge is 0.465 e. The normalized spacial score (nSPS) is 11.6. The molecule has 0 aliphatic rings. The molecule has 26 heavy (non-hydrogen) atoms. The fraction of sp³-hybridized carbons (Fsp3) is 0.250. The maximum absolute atomic E-state index is 12.0. The molecule has 1 atom stereocenters. The van der Waals surface area contributed by atoms with E-state index in [1.54, 1.807) is 6.92 Å². The average molecular weight is 407 g/mol. The minimum Gasteiger partial charge on any atom is -0.465 e. The zero-order valence-corrected chi connectivity index (χ0v) is 16.7. The van der Waals surface area contributed by atoms with E-state index < -0.39 is 5.25 Å². The Morgan fingerprint density at radius 3 is 2.50 bits per heavy atom. The molecule has 0 N–H and O–H groups in total. The SMILES string of the molecule is CCOC(=O)C(CCc1ccc(-c2ccccc2Cl)cc1)SC(=O)C=S. The molecular formula is C20H19ClO3S2. The van der Waals surface area contributed by atoms with E-state index in [1.165, 1.54) is 0 Å². The fourth-order valence-corrected chi connectivity index (χ4v) is 3.62. The molecule has 0 heterocycles. The van der Waals surface area contributed by atoms with Gasteiger partial charge in [-0.05, 0) is 37.0 Å². The molecule has 6 heteroatoms. The zero-order valence-electron chi connectivity index (χ0n) is 14.3. The van der Waals surface area contributed by atoms with Crippen molar-refractivity contribution in [3.63, 3.8) is 0 Å². The summed E-state index contributed by atoms with van der Waals surface area (Å²) in [5, 5.41) is 0.907. The van der Waals surface area contributed by atoms with Gasteiger partial charge in [-0.25, -0.2) is 0 Å². The molecule has 0 amide bonds. The molecule has 0 saturated carbocycles. The number of hydrogen-bond acceptors (Lipinski definition) is 5. The van der Waals surface area contributed by atoms with Crippen molar-refractivity contribution in [1.82, 2.24) is 0 Å². The maximum atomic E-state index is 12.0. The summed E-state index contributed by atoms with van der Waals surface area (Å²) in [5.41, 5.74) is 3.09. The monoisotopic (exact) mass is 406 g/mol. The highest BCUT2D eigenvalue weighted by atomic mass is 35.5. The second-order valence-electron chi connectivity index (χ2n) is 5.51. The summed E-state index contributed by atoms with van der Waals surface area (Å²) in [7, 11) is 0. The first-order chi connectivity index (χ1) is 12.5. The van der Waals surface area contributed by atoms with Gasteiger partial charge in [-0.1, -0.05) is 78.0 Å². The van der Waals surface area contributed by atoms with Crippen molar-refractivity contribution in [3.8, 4) is 11.1 Å². The van der Waals surface area contributed by atoms with Gasteiger partial charge in [0.25, 0.3) is 0 Å². The molecule has 0 radical (unpaired) electrons. The van der Waals surface area contributed by atoms with Crippen LogP contribution >= 0.6 is 35.6 Å². The minimum absolute atomic E-state index is 0.286. The Kier molecular flexibility index (Phi) is 8.29. The van der Waals surface area contributed by atoms with Crippen molar-refractivity contribution >= 4 is 52.0 Å². The summed E-state index contributed by atoms with van der Waals surface area (Å²) in [6.45, 7) is 2.03. The molecule has 0 bridgehead atoms. The molecule has 0 aliphatic carbocycles. The lowest BCUT2D eigenvalue weighted by Crippen LogP contribution is -2.23. The molecular weight excluding hydrogens is 388 g/mol. The van der Waals surface area contributed by atoms with Crippen molar-refractivity contribution in [1.29, 1.82) is 0 Å². The molecule has 136 valence electrons. The topological polar surface area (TPSA) is 43.4 Å². The lowest BCUT2D eigenvalue weighted by molar-refractivity contribution is -0.142. The number of rotatable bonds is 8. The van der Waals surface area contributed by atoms with Gasteiger partial charge in [0.1, 0.15) is 5.25 Å². The van der Waals surface area contributed by atoms with Crippen LogP contribution in [0, 0.1) is 0 Å². The van der Waals surface area contributed by atoms with E-state index in [0.29, 0.717) is 17.9 Å². The van der Waals surface area contributed by atoms with Crippen LogP contribution in [0.5, 0.6) is 0 Å². The Bertz CT molecular complexity index is 775.